The SMILES string of the molecule is C[C@@]1(CN2CCN(CCC#Cc3ccc4c(c3)CN(C3CCC(=O)NC3=O)C4=O)CC2)CCC(c2ccc(Cl)cc2)=C(CN2CCN(c3ccc(C(=O)NS(=O)(=O)c4ccc(N[C@H](CCN5CCCOCC5)CSc5ccccc5)cc4)cc3)CC2)C1. The van der Waals surface area contributed by atoms with Gasteiger partial charge in [0.1, 0.15) is 6.04 Å². The number of piperazine rings is 2. The van der Waals surface area contributed by atoms with E-state index in [0.29, 0.717) is 18.5 Å². The Morgan fingerprint density at radius 1 is 0.805 bits per heavy atom. The minimum Gasteiger partial charge on any atom is -0.381 e. The number of imide groups is 1. The van der Waals surface area contributed by atoms with Crippen molar-refractivity contribution in [1.29, 1.82) is 0 Å². The predicted octanol–water partition coefficient (Wildman–Crippen LogP) is 8.73. The van der Waals surface area contributed by atoms with E-state index in [4.69, 9.17) is 16.3 Å². The molecule has 0 spiro atoms. The monoisotopic (exact) mass is 1230 g/mol. The minimum absolute atomic E-state index is 0.0235. The summed E-state index contributed by atoms with van der Waals surface area (Å²) in [5, 5.41) is 6.76. The van der Waals surface area contributed by atoms with E-state index >= 15 is 0 Å². The minimum atomic E-state index is -4.14. The number of rotatable bonds is 20. The Hall–Kier alpha value is -6.53. The summed E-state index contributed by atoms with van der Waals surface area (Å²) in [5.41, 5.74) is 8.73. The van der Waals surface area contributed by atoms with Crippen LogP contribution in [0.25, 0.3) is 5.57 Å². The fourth-order valence-corrected chi connectivity index (χ4v) is 15.2. The number of amides is 4. The van der Waals surface area contributed by atoms with Gasteiger partial charge in [0, 0.05) is 167 Å². The molecule has 5 aromatic carbocycles. The summed E-state index contributed by atoms with van der Waals surface area (Å²) in [6, 6.07) is 37.7. The number of carbonyl (C=O) groups is 4. The van der Waals surface area contributed by atoms with Crippen molar-refractivity contribution >= 4 is 74.0 Å². The van der Waals surface area contributed by atoms with E-state index in [1.807, 2.05) is 60.7 Å². The van der Waals surface area contributed by atoms with Gasteiger partial charge in [-0.05, 0) is 152 Å². The van der Waals surface area contributed by atoms with Crippen LogP contribution in [0.4, 0.5) is 11.4 Å². The number of halogens is 1. The van der Waals surface area contributed by atoms with Crippen LogP contribution in [0.15, 0.2) is 137 Å². The number of ether oxygens (including phenoxy) is 1. The van der Waals surface area contributed by atoms with Crippen molar-refractivity contribution in [3.05, 3.63) is 160 Å². The summed E-state index contributed by atoms with van der Waals surface area (Å²) >= 11 is 8.20. The maximum Gasteiger partial charge on any atom is 0.264 e. The van der Waals surface area contributed by atoms with E-state index in [0.717, 1.165) is 177 Å². The first-order chi connectivity index (χ1) is 42.2. The second kappa shape index (κ2) is 28.7. The molecule has 0 radical (unpaired) electrons. The fourth-order valence-electron chi connectivity index (χ4n) is 13.1. The third-order valence-electron chi connectivity index (χ3n) is 18.0. The highest BCUT2D eigenvalue weighted by atomic mass is 35.5. The van der Waals surface area contributed by atoms with Crippen molar-refractivity contribution in [1.82, 2.24) is 34.5 Å². The average Bonchev–Trinajstić information content (AvgIpc) is 2.53. The predicted molar refractivity (Wildman–Crippen MR) is 344 cm³/mol. The van der Waals surface area contributed by atoms with E-state index in [9.17, 15) is 27.6 Å². The van der Waals surface area contributed by atoms with Crippen LogP contribution >= 0.6 is 23.4 Å². The first-order valence-corrected chi connectivity index (χ1v) is 33.7. The standard InChI is InChI=1S/C68H80ClN9O7S2/c1-68(49-76-35-33-74(34-36-76)30-6-5-8-50-11-24-62-53(44-50)47-78(67(62)82)63-25-26-64(79)71-66(63)81)29-27-61(51-12-16-55(69)17-13-51)54(45-68)46-75-37-39-77(40-38-75)58-20-14-52(15-21-58)65(80)72-87(83,84)60-22-18-56(19-23-60)70-57(48-86-59-9-3-2-4-10-59)28-32-73-31-7-42-85-43-41-73/h2-4,9-24,44,57,63,70H,6-7,25-43,45-49H2,1H3,(H,72,80)(H,71,79,81)/t57-,63?,68-/m1/s1. The first kappa shape index (κ1) is 62.1. The Morgan fingerprint density at radius 3 is 2.30 bits per heavy atom. The lowest BCUT2D eigenvalue weighted by Gasteiger charge is -2.44. The maximum atomic E-state index is 13.6. The molecule has 3 atom stereocenters. The number of anilines is 2. The average molecular weight is 1240 g/mol. The van der Waals surface area contributed by atoms with Gasteiger partial charge in [0.15, 0.2) is 0 Å². The molecule has 5 heterocycles. The van der Waals surface area contributed by atoms with E-state index in [1.165, 1.54) is 21.6 Å². The van der Waals surface area contributed by atoms with Crippen molar-refractivity contribution in [3.63, 3.8) is 0 Å². The zero-order chi connectivity index (χ0) is 60.3. The number of sulfonamides is 1. The van der Waals surface area contributed by atoms with Gasteiger partial charge in [-0.2, -0.15) is 0 Å². The summed E-state index contributed by atoms with van der Waals surface area (Å²) < 4.78 is 35.1. The van der Waals surface area contributed by atoms with Gasteiger partial charge in [-0.15, -0.1) is 11.8 Å². The molecule has 4 fully saturated rings. The van der Waals surface area contributed by atoms with Crippen molar-refractivity contribution < 1.29 is 32.3 Å². The molecule has 6 aliphatic rings. The van der Waals surface area contributed by atoms with Crippen LogP contribution in [0.3, 0.4) is 0 Å². The lowest BCUT2D eigenvalue weighted by Crippen LogP contribution is -2.52. The number of carbonyl (C=O) groups excluding carboxylic acids is 4. The Kier molecular flexibility index (Phi) is 20.5. The lowest BCUT2D eigenvalue weighted by atomic mass is 9.71. The van der Waals surface area contributed by atoms with Gasteiger partial charge in [0.25, 0.3) is 21.8 Å². The molecule has 458 valence electrons. The van der Waals surface area contributed by atoms with Crippen LogP contribution in [0.5, 0.6) is 0 Å². The Morgan fingerprint density at radius 2 is 1.54 bits per heavy atom. The maximum absolute atomic E-state index is 13.6. The Bertz CT molecular complexity index is 3450. The van der Waals surface area contributed by atoms with Crippen molar-refractivity contribution in [2.24, 2.45) is 5.41 Å². The van der Waals surface area contributed by atoms with Crippen LogP contribution in [-0.4, -0.2) is 179 Å². The van der Waals surface area contributed by atoms with Gasteiger partial charge >= 0.3 is 0 Å². The lowest BCUT2D eigenvalue weighted by molar-refractivity contribution is -0.136. The molecule has 0 aromatic heterocycles. The summed E-state index contributed by atoms with van der Waals surface area (Å²) in [7, 11) is -4.14. The van der Waals surface area contributed by atoms with E-state index in [2.05, 4.69) is 82.9 Å². The molecular formula is C68H80ClN9O7S2. The molecule has 0 bridgehead atoms. The third-order valence-corrected chi connectivity index (χ3v) is 20.7. The molecule has 4 saturated heterocycles. The van der Waals surface area contributed by atoms with E-state index in [-0.39, 0.29) is 40.2 Å². The largest absolute Gasteiger partial charge is 0.381 e. The highest BCUT2D eigenvalue weighted by Crippen LogP contribution is 2.44. The molecule has 16 nitrogen and oxygen atoms in total. The second-order valence-electron chi connectivity index (χ2n) is 24.3. The quantitative estimate of drug-likeness (QED) is 0.0385. The molecule has 5 aliphatic heterocycles. The van der Waals surface area contributed by atoms with E-state index < -0.39 is 27.9 Å². The molecule has 4 amide bonds. The van der Waals surface area contributed by atoms with Gasteiger partial charge in [-0.1, -0.05) is 66.3 Å². The summed E-state index contributed by atoms with van der Waals surface area (Å²) in [5.74, 6) is 5.97. The molecule has 5 aromatic rings. The summed E-state index contributed by atoms with van der Waals surface area (Å²) in [6.45, 7) is 17.5. The number of fused-ring (bicyclic) bond motifs is 1. The fraction of sp³-hybridized carbons (Fsp3) is 0.441. The number of hydrogen-bond donors (Lipinski definition) is 3. The zero-order valence-corrected chi connectivity index (χ0v) is 52.2. The summed E-state index contributed by atoms with van der Waals surface area (Å²) in [4.78, 5) is 66.1. The molecular weight excluding hydrogens is 1150 g/mol. The topological polar surface area (TPSA) is 167 Å². The molecule has 1 unspecified atom stereocenters. The molecule has 87 heavy (non-hydrogen) atoms. The Labute approximate surface area is 522 Å². The van der Waals surface area contributed by atoms with Crippen LogP contribution in [-0.2, 0) is 30.9 Å². The third kappa shape index (κ3) is 16.4. The number of nitrogens with one attached hydrogen (secondary N) is 3. The van der Waals surface area contributed by atoms with Crippen LogP contribution in [0.1, 0.15) is 95.7 Å². The molecule has 3 N–H and O–H groups in total. The molecule has 11 rings (SSSR count). The van der Waals surface area contributed by atoms with Gasteiger partial charge in [-0.3, -0.25) is 34.3 Å². The number of benzene rings is 5. The normalized spacial score (nSPS) is 21.4. The molecule has 1 aliphatic carbocycles. The van der Waals surface area contributed by atoms with Gasteiger partial charge in [0.05, 0.1) is 11.5 Å². The number of thioether (sulfide) groups is 1. The first-order valence-electron chi connectivity index (χ1n) is 30.9. The molecule has 19 heteroatoms. The van der Waals surface area contributed by atoms with Crippen LogP contribution in [0.2, 0.25) is 5.02 Å². The van der Waals surface area contributed by atoms with Crippen LogP contribution in [0, 0.1) is 17.3 Å². The number of hydrogen-bond acceptors (Lipinski definition) is 14. The van der Waals surface area contributed by atoms with Crippen molar-refractivity contribution in [3.8, 4) is 11.8 Å². The Balaban J connectivity index is 0.637. The highest BCUT2D eigenvalue weighted by Gasteiger charge is 2.40. The molecule has 0 saturated carbocycles. The summed E-state index contributed by atoms with van der Waals surface area (Å²) in [6.07, 6.45) is 6.42. The van der Waals surface area contributed by atoms with Gasteiger partial charge < -0.3 is 29.7 Å². The number of allylic oxidation sites excluding steroid dienone is 1. The second-order valence-corrected chi connectivity index (χ2v) is 27.6. The van der Waals surface area contributed by atoms with Gasteiger partial charge in [-0.25, -0.2) is 13.1 Å². The van der Waals surface area contributed by atoms with Crippen molar-refractivity contribution in [2.75, 3.05) is 121 Å². The van der Waals surface area contributed by atoms with Crippen LogP contribution < -0.4 is 20.3 Å². The van der Waals surface area contributed by atoms with Crippen molar-refractivity contribution in [2.45, 2.75) is 86.7 Å². The number of nitrogens with zero attached hydrogens (tertiary/aromatic N) is 6. The van der Waals surface area contributed by atoms with E-state index in [1.54, 1.807) is 53.1 Å². The van der Waals surface area contributed by atoms with Gasteiger partial charge in [0.2, 0.25) is 11.8 Å². The highest BCUT2D eigenvalue weighted by molar-refractivity contribution is 7.99. The zero-order valence-electron chi connectivity index (χ0n) is 49.8. The smallest absolute Gasteiger partial charge is 0.264 e. The number of piperidine rings is 1.